The number of aromatic nitrogens is 2. The van der Waals surface area contributed by atoms with Gasteiger partial charge in [0.1, 0.15) is 11.6 Å². The fourth-order valence-electron chi connectivity index (χ4n) is 3.76. The fourth-order valence-corrected chi connectivity index (χ4v) is 3.76. The summed E-state index contributed by atoms with van der Waals surface area (Å²) in [5.41, 5.74) is -0.344. The highest BCUT2D eigenvalue weighted by Gasteiger charge is 2.29. The molecule has 4 rings (SSSR count). The van der Waals surface area contributed by atoms with Crippen molar-refractivity contribution in [3.05, 3.63) is 64.2 Å². The lowest BCUT2D eigenvalue weighted by Crippen LogP contribution is -2.54. The minimum atomic E-state index is -0.602. The normalized spacial score (nSPS) is 15.3. The van der Waals surface area contributed by atoms with Gasteiger partial charge in [0, 0.05) is 31.7 Å². The molecule has 1 N–H and O–H groups in total. The Morgan fingerprint density at radius 2 is 1.74 bits per heavy atom. The van der Waals surface area contributed by atoms with Crippen molar-refractivity contribution in [2.24, 2.45) is 0 Å². The van der Waals surface area contributed by atoms with E-state index in [0.717, 1.165) is 13.1 Å². The maximum Gasteiger partial charge on any atom is 0.272 e. The van der Waals surface area contributed by atoms with Gasteiger partial charge >= 0.3 is 0 Å². The van der Waals surface area contributed by atoms with Crippen molar-refractivity contribution >= 4 is 16.7 Å². The minimum absolute atomic E-state index is 0.0283. The standard InChI is InChI=1S/C23H25FN4O3/c1-23(2,3)28-12-10-27(11-13-28)22(30)18-14-15(8-9-19(18)24)31-21-17-7-5-4-6-16(17)20(29)25-26-21/h4-9,14H,10-13H2,1-3H3,(H,25,29). The van der Waals surface area contributed by atoms with Gasteiger partial charge in [0.15, 0.2) is 0 Å². The summed E-state index contributed by atoms with van der Waals surface area (Å²) < 4.78 is 20.3. The average molecular weight is 424 g/mol. The number of nitrogens with zero attached hydrogens (tertiary/aromatic N) is 3. The molecule has 7 nitrogen and oxygen atoms in total. The van der Waals surface area contributed by atoms with Crippen LogP contribution < -0.4 is 10.3 Å². The summed E-state index contributed by atoms with van der Waals surface area (Å²) in [6.07, 6.45) is 0. The molecule has 31 heavy (non-hydrogen) atoms. The second kappa shape index (κ2) is 8.11. The first-order valence-corrected chi connectivity index (χ1v) is 10.2. The number of amides is 1. The molecular formula is C23H25FN4O3. The largest absolute Gasteiger partial charge is 0.437 e. The Hall–Kier alpha value is -3.26. The maximum absolute atomic E-state index is 14.5. The van der Waals surface area contributed by atoms with Gasteiger partial charge in [0.2, 0.25) is 5.88 Å². The van der Waals surface area contributed by atoms with E-state index >= 15 is 0 Å². The molecule has 0 unspecified atom stereocenters. The lowest BCUT2D eigenvalue weighted by atomic mass is 10.0. The molecule has 1 aromatic heterocycles. The first kappa shape index (κ1) is 21.0. The number of benzene rings is 2. The van der Waals surface area contributed by atoms with Gasteiger partial charge in [0.05, 0.1) is 16.3 Å². The predicted octanol–water partition coefficient (Wildman–Crippen LogP) is 3.41. The summed E-state index contributed by atoms with van der Waals surface area (Å²) in [6.45, 7) is 8.96. The number of rotatable bonds is 3. The van der Waals surface area contributed by atoms with Crippen molar-refractivity contribution < 1.29 is 13.9 Å². The molecule has 1 saturated heterocycles. The Balaban J connectivity index is 1.57. The number of hydrogen-bond acceptors (Lipinski definition) is 5. The third kappa shape index (κ3) is 4.29. The molecule has 162 valence electrons. The van der Waals surface area contributed by atoms with Gasteiger partial charge in [-0.05, 0) is 51.1 Å². The van der Waals surface area contributed by atoms with Crippen LogP contribution in [0.2, 0.25) is 0 Å². The van der Waals surface area contributed by atoms with E-state index in [4.69, 9.17) is 4.74 Å². The zero-order valence-electron chi connectivity index (χ0n) is 17.8. The minimum Gasteiger partial charge on any atom is -0.437 e. The summed E-state index contributed by atoms with van der Waals surface area (Å²) in [6, 6.07) is 10.9. The Labute approximate surface area is 179 Å². The van der Waals surface area contributed by atoms with Crippen LogP contribution in [0.15, 0.2) is 47.3 Å². The zero-order chi connectivity index (χ0) is 22.2. The number of halogens is 1. The molecule has 0 saturated carbocycles. The summed E-state index contributed by atoms with van der Waals surface area (Å²) in [7, 11) is 0. The number of carbonyl (C=O) groups excluding carboxylic acids is 1. The Morgan fingerprint density at radius 1 is 1.06 bits per heavy atom. The van der Waals surface area contributed by atoms with Gasteiger partial charge in [-0.2, -0.15) is 0 Å². The van der Waals surface area contributed by atoms with Crippen LogP contribution in [0, 0.1) is 5.82 Å². The number of nitrogens with one attached hydrogen (secondary N) is 1. The van der Waals surface area contributed by atoms with Crippen LogP contribution in [0.1, 0.15) is 31.1 Å². The number of carbonyl (C=O) groups is 1. The van der Waals surface area contributed by atoms with E-state index in [9.17, 15) is 14.0 Å². The molecule has 0 aliphatic carbocycles. The van der Waals surface area contributed by atoms with Crippen LogP contribution in [0.4, 0.5) is 4.39 Å². The highest BCUT2D eigenvalue weighted by Crippen LogP contribution is 2.27. The molecule has 1 aliphatic heterocycles. The van der Waals surface area contributed by atoms with Gasteiger partial charge < -0.3 is 9.64 Å². The maximum atomic E-state index is 14.5. The van der Waals surface area contributed by atoms with Crippen molar-refractivity contribution in [3.63, 3.8) is 0 Å². The predicted molar refractivity (Wildman–Crippen MR) is 116 cm³/mol. The number of piperazine rings is 1. The highest BCUT2D eigenvalue weighted by atomic mass is 19.1. The molecule has 1 amide bonds. The van der Waals surface area contributed by atoms with Crippen LogP contribution in [-0.2, 0) is 0 Å². The number of fused-ring (bicyclic) bond motifs is 1. The van der Waals surface area contributed by atoms with Crippen LogP contribution in [0.25, 0.3) is 10.8 Å². The lowest BCUT2D eigenvalue weighted by Gasteiger charge is -2.42. The van der Waals surface area contributed by atoms with Crippen LogP contribution in [-0.4, -0.2) is 57.6 Å². The molecule has 2 heterocycles. The number of H-pyrrole nitrogens is 1. The van der Waals surface area contributed by atoms with E-state index in [1.165, 1.54) is 18.2 Å². The van der Waals surface area contributed by atoms with Gasteiger partial charge in [0.25, 0.3) is 11.5 Å². The molecular weight excluding hydrogens is 399 g/mol. The quantitative estimate of drug-likeness (QED) is 0.697. The SMILES string of the molecule is CC(C)(C)N1CCN(C(=O)c2cc(Oc3n[nH]c(=O)c4ccccc34)ccc2F)CC1. The number of aromatic amines is 1. The molecule has 0 atom stereocenters. The van der Waals surface area contributed by atoms with Crippen LogP contribution in [0.5, 0.6) is 11.6 Å². The smallest absolute Gasteiger partial charge is 0.272 e. The van der Waals surface area contributed by atoms with Gasteiger partial charge in [-0.15, -0.1) is 5.10 Å². The molecule has 0 radical (unpaired) electrons. The van der Waals surface area contributed by atoms with E-state index in [-0.39, 0.29) is 34.2 Å². The van der Waals surface area contributed by atoms with E-state index in [2.05, 4.69) is 35.9 Å². The fraction of sp³-hybridized carbons (Fsp3) is 0.348. The van der Waals surface area contributed by atoms with E-state index in [0.29, 0.717) is 23.9 Å². The zero-order valence-corrected chi connectivity index (χ0v) is 17.8. The second-order valence-electron chi connectivity index (χ2n) is 8.60. The van der Waals surface area contributed by atoms with Crippen LogP contribution >= 0.6 is 0 Å². The molecule has 0 bridgehead atoms. The Morgan fingerprint density at radius 3 is 2.42 bits per heavy atom. The van der Waals surface area contributed by atoms with Crippen molar-refractivity contribution in [2.45, 2.75) is 26.3 Å². The molecule has 8 heteroatoms. The Bertz CT molecular complexity index is 1180. The second-order valence-corrected chi connectivity index (χ2v) is 8.60. The number of hydrogen-bond donors (Lipinski definition) is 1. The monoisotopic (exact) mass is 424 g/mol. The van der Waals surface area contributed by atoms with Crippen molar-refractivity contribution in [2.75, 3.05) is 26.2 Å². The van der Waals surface area contributed by atoms with Gasteiger partial charge in [-0.25, -0.2) is 9.49 Å². The van der Waals surface area contributed by atoms with Crippen molar-refractivity contribution in [3.8, 4) is 11.6 Å². The van der Waals surface area contributed by atoms with E-state index in [1.54, 1.807) is 29.2 Å². The molecule has 0 spiro atoms. The van der Waals surface area contributed by atoms with Crippen molar-refractivity contribution in [1.82, 2.24) is 20.0 Å². The summed E-state index contributed by atoms with van der Waals surface area (Å²) in [5.74, 6) is -0.521. The molecule has 3 aromatic rings. The summed E-state index contributed by atoms with van der Waals surface area (Å²) in [5, 5.41) is 7.32. The first-order chi connectivity index (χ1) is 14.7. The van der Waals surface area contributed by atoms with E-state index < -0.39 is 5.82 Å². The lowest BCUT2D eigenvalue weighted by molar-refractivity contribution is 0.0447. The molecule has 1 fully saturated rings. The first-order valence-electron chi connectivity index (χ1n) is 10.2. The molecule has 2 aromatic carbocycles. The summed E-state index contributed by atoms with van der Waals surface area (Å²) in [4.78, 5) is 28.9. The summed E-state index contributed by atoms with van der Waals surface area (Å²) >= 11 is 0. The highest BCUT2D eigenvalue weighted by molar-refractivity contribution is 5.95. The van der Waals surface area contributed by atoms with Crippen molar-refractivity contribution in [1.29, 1.82) is 0 Å². The third-order valence-electron chi connectivity index (χ3n) is 5.56. The average Bonchev–Trinajstić information content (AvgIpc) is 2.76. The molecule has 1 aliphatic rings. The topological polar surface area (TPSA) is 78.5 Å². The van der Waals surface area contributed by atoms with Crippen LogP contribution in [0.3, 0.4) is 0 Å². The van der Waals surface area contributed by atoms with Gasteiger partial charge in [-0.1, -0.05) is 12.1 Å². The van der Waals surface area contributed by atoms with E-state index in [1.807, 2.05) is 0 Å². The third-order valence-corrected chi connectivity index (χ3v) is 5.56. The Kier molecular flexibility index (Phi) is 5.49. The van der Waals surface area contributed by atoms with Gasteiger partial charge in [-0.3, -0.25) is 14.5 Å². The number of ether oxygens (including phenoxy) is 1.